The number of nitrogens with zero attached hydrogens (tertiary/aromatic N) is 1. The molecule has 8 aromatic rings. The zero-order valence-electron chi connectivity index (χ0n) is 27.3. The van der Waals surface area contributed by atoms with Gasteiger partial charge in [0.1, 0.15) is 23.7 Å². The number of oxazole rings is 1. The summed E-state index contributed by atoms with van der Waals surface area (Å²) in [4.78, 5) is 5.13. The summed E-state index contributed by atoms with van der Waals surface area (Å²) in [5.74, 6) is 0.678. The highest BCUT2D eigenvalue weighted by Crippen LogP contribution is 2.45. The summed E-state index contributed by atoms with van der Waals surface area (Å²) in [5.41, 5.74) is 12.1. The maximum absolute atomic E-state index is 10.3. The van der Waals surface area contributed by atoms with E-state index in [1.807, 2.05) is 36.4 Å². The summed E-state index contributed by atoms with van der Waals surface area (Å²) >= 11 is 0. The van der Waals surface area contributed by atoms with Crippen LogP contribution in [0.25, 0.3) is 55.8 Å². The van der Waals surface area contributed by atoms with Gasteiger partial charge in [-0.2, -0.15) is 0 Å². The van der Waals surface area contributed by atoms with Crippen molar-refractivity contribution in [2.75, 3.05) is 5.32 Å². The van der Waals surface area contributed by atoms with Crippen molar-refractivity contribution in [3.63, 3.8) is 0 Å². The largest absolute Gasteiger partial charge is 0.508 e. The normalized spacial score (nSPS) is 11.6. The van der Waals surface area contributed by atoms with Crippen LogP contribution < -0.4 is 5.32 Å². The van der Waals surface area contributed by atoms with E-state index in [1.165, 1.54) is 0 Å². The molecule has 1 heterocycles. The van der Waals surface area contributed by atoms with Crippen LogP contribution in [0.1, 0.15) is 17.5 Å². The van der Waals surface area contributed by atoms with Gasteiger partial charge in [0.15, 0.2) is 0 Å². The summed E-state index contributed by atoms with van der Waals surface area (Å²) < 4.78 is 6.47. The number of para-hydroxylation sites is 1. The quantitative estimate of drug-likeness (QED) is 0.164. The molecule has 0 fully saturated rings. The van der Waals surface area contributed by atoms with Gasteiger partial charge in [0.25, 0.3) is 0 Å². The summed E-state index contributed by atoms with van der Waals surface area (Å²) in [5, 5.41) is 14.3. The molecule has 0 aliphatic rings. The topological polar surface area (TPSA) is 58.3 Å². The number of rotatable bonds is 9. The van der Waals surface area contributed by atoms with Crippen molar-refractivity contribution in [1.82, 2.24) is 4.98 Å². The predicted octanol–water partition coefficient (Wildman–Crippen LogP) is 11.9. The lowest BCUT2D eigenvalue weighted by Gasteiger charge is -2.27. The molecule has 0 aliphatic carbocycles. The minimum Gasteiger partial charge on any atom is -0.508 e. The van der Waals surface area contributed by atoms with Crippen LogP contribution in [0, 0.1) is 0 Å². The first-order chi connectivity index (χ1) is 24.7. The molecule has 0 saturated heterocycles. The molecule has 50 heavy (non-hydrogen) atoms. The Morgan fingerprint density at radius 3 is 1.36 bits per heavy atom. The summed E-state index contributed by atoms with van der Waals surface area (Å²) in [6, 6.07) is 61.3. The van der Waals surface area contributed by atoms with E-state index < -0.39 is 6.04 Å². The van der Waals surface area contributed by atoms with E-state index in [1.54, 1.807) is 18.4 Å². The Balaban J connectivity index is 1.41. The summed E-state index contributed by atoms with van der Waals surface area (Å²) in [6.45, 7) is 0. The second-order valence-corrected chi connectivity index (χ2v) is 12.2. The Morgan fingerprint density at radius 1 is 0.460 bits per heavy atom. The van der Waals surface area contributed by atoms with Crippen LogP contribution in [0.3, 0.4) is 0 Å². The van der Waals surface area contributed by atoms with Crippen LogP contribution in [0.15, 0.2) is 193 Å². The van der Waals surface area contributed by atoms with E-state index in [-0.39, 0.29) is 5.75 Å². The molecule has 4 nitrogen and oxygen atoms in total. The molecule has 1 unspecified atom stereocenters. The molecule has 4 heteroatoms. The fourth-order valence-corrected chi connectivity index (χ4v) is 6.66. The number of anilines is 1. The molecule has 1 atom stereocenters. The van der Waals surface area contributed by atoms with Crippen molar-refractivity contribution < 1.29 is 9.52 Å². The van der Waals surface area contributed by atoms with E-state index in [0.717, 1.165) is 61.3 Å². The van der Waals surface area contributed by atoms with Gasteiger partial charge in [-0.05, 0) is 51.1 Å². The van der Waals surface area contributed by atoms with Crippen LogP contribution in [0.5, 0.6) is 5.75 Å². The molecule has 1 aromatic heterocycles. The molecule has 0 bridgehead atoms. The summed E-state index contributed by atoms with van der Waals surface area (Å²) in [6.07, 6.45) is 1.67. The van der Waals surface area contributed by atoms with Gasteiger partial charge in [0, 0.05) is 16.7 Å². The van der Waals surface area contributed by atoms with Crippen LogP contribution in [0.2, 0.25) is 0 Å². The molecular weight excluding hydrogens is 613 g/mol. The molecule has 0 spiro atoms. The highest BCUT2D eigenvalue weighted by atomic mass is 16.3. The Morgan fingerprint density at radius 2 is 0.880 bits per heavy atom. The third-order valence-corrected chi connectivity index (χ3v) is 9.00. The third kappa shape index (κ3) is 6.18. The van der Waals surface area contributed by atoms with E-state index in [0.29, 0.717) is 11.6 Å². The first-order valence-electron chi connectivity index (χ1n) is 16.7. The molecule has 8 rings (SSSR count). The third-order valence-electron chi connectivity index (χ3n) is 9.00. The lowest BCUT2D eigenvalue weighted by atomic mass is 9.86. The Bertz CT molecular complexity index is 2240. The van der Waals surface area contributed by atoms with Crippen LogP contribution in [-0.4, -0.2) is 10.1 Å². The molecule has 240 valence electrons. The van der Waals surface area contributed by atoms with Crippen molar-refractivity contribution in [1.29, 1.82) is 0 Å². The molecule has 0 aliphatic heterocycles. The number of aromatic nitrogens is 1. The number of hydrogen-bond acceptors (Lipinski definition) is 4. The second-order valence-electron chi connectivity index (χ2n) is 12.2. The molecule has 0 amide bonds. The fraction of sp³-hybridized carbons (Fsp3) is 0.0217. The average molecular weight is 647 g/mol. The van der Waals surface area contributed by atoms with Gasteiger partial charge < -0.3 is 14.8 Å². The number of phenolic OH excluding ortho intramolecular Hbond substituents is 1. The average Bonchev–Trinajstić information content (AvgIpc) is 3.68. The zero-order chi connectivity index (χ0) is 33.7. The number of benzene rings is 7. The highest BCUT2D eigenvalue weighted by molar-refractivity contribution is 5.92. The molecule has 0 saturated carbocycles. The standard InChI is InChI=1S/C46H34N2O2/c49-37-25-13-24-36(30-37)42-31-50-46(47-42)45(43-38(32-16-5-1-6-17-32)26-14-27-39(43)33-18-7-2-8-19-33)48-44-40(34-20-9-3-10-21-34)28-15-29-41(44)35-22-11-4-12-23-35/h1-31,45,48-49H. The van der Waals surface area contributed by atoms with Crippen molar-refractivity contribution >= 4 is 5.69 Å². The molecule has 2 N–H and O–H groups in total. The van der Waals surface area contributed by atoms with Gasteiger partial charge in [-0.25, -0.2) is 4.98 Å². The van der Waals surface area contributed by atoms with Crippen LogP contribution >= 0.6 is 0 Å². The summed E-state index contributed by atoms with van der Waals surface area (Å²) in [7, 11) is 0. The molecular formula is C46H34N2O2. The first-order valence-corrected chi connectivity index (χ1v) is 16.7. The molecule has 7 aromatic carbocycles. The van der Waals surface area contributed by atoms with Crippen LogP contribution in [-0.2, 0) is 0 Å². The second kappa shape index (κ2) is 13.8. The van der Waals surface area contributed by atoms with Crippen molar-refractivity contribution in [3.8, 4) is 61.5 Å². The lowest BCUT2D eigenvalue weighted by molar-refractivity contribution is 0.475. The number of nitrogens with one attached hydrogen (secondary N) is 1. The Hall–Kier alpha value is -6.65. The molecule has 0 radical (unpaired) electrons. The predicted molar refractivity (Wildman–Crippen MR) is 204 cm³/mol. The van der Waals surface area contributed by atoms with E-state index in [4.69, 9.17) is 9.40 Å². The minimum absolute atomic E-state index is 0.173. The minimum atomic E-state index is -0.528. The van der Waals surface area contributed by atoms with Gasteiger partial charge in [-0.3, -0.25) is 0 Å². The SMILES string of the molecule is Oc1cccc(-c2coc(C(Nc3c(-c4ccccc4)cccc3-c3ccccc3)c3c(-c4ccccc4)cccc3-c3ccccc3)n2)c1. The van der Waals surface area contributed by atoms with E-state index in [9.17, 15) is 5.11 Å². The smallest absolute Gasteiger partial charge is 0.221 e. The van der Waals surface area contributed by atoms with Crippen molar-refractivity contribution in [2.45, 2.75) is 6.04 Å². The maximum Gasteiger partial charge on any atom is 0.221 e. The maximum atomic E-state index is 10.3. The van der Waals surface area contributed by atoms with Gasteiger partial charge >= 0.3 is 0 Å². The Kier molecular flexibility index (Phi) is 8.49. The first kappa shape index (κ1) is 30.7. The highest BCUT2D eigenvalue weighted by Gasteiger charge is 2.29. The zero-order valence-corrected chi connectivity index (χ0v) is 27.3. The Labute approximate surface area is 292 Å². The lowest BCUT2D eigenvalue weighted by Crippen LogP contribution is -2.17. The fourth-order valence-electron chi connectivity index (χ4n) is 6.66. The number of aromatic hydroxyl groups is 1. The van der Waals surface area contributed by atoms with Gasteiger partial charge in [0.05, 0.1) is 5.69 Å². The van der Waals surface area contributed by atoms with Gasteiger partial charge in [0.2, 0.25) is 5.89 Å². The van der Waals surface area contributed by atoms with E-state index >= 15 is 0 Å². The van der Waals surface area contributed by atoms with Crippen molar-refractivity contribution in [3.05, 3.63) is 200 Å². The van der Waals surface area contributed by atoms with E-state index in [2.05, 4.69) is 139 Å². The monoisotopic (exact) mass is 646 g/mol. The van der Waals surface area contributed by atoms with Crippen molar-refractivity contribution in [2.24, 2.45) is 0 Å². The van der Waals surface area contributed by atoms with Gasteiger partial charge in [-0.15, -0.1) is 0 Å². The van der Waals surface area contributed by atoms with Crippen LogP contribution in [0.4, 0.5) is 5.69 Å². The number of phenols is 1. The van der Waals surface area contributed by atoms with Gasteiger partial charge in [-0.1, -0.05) is 170 Å². The number of hydrogen-bond donors (Lipinski definition) is 2.